The molecule has 1 atom stereocenters. The van der Waals surface area contributed by atoms with Gasteiger partial charge in [0.25, 0.3) is 0 Å². The van der Waals surface area contributed by atoms with E-state index < -0.39 is 11.6 Å². The van der Waals surface area contributed by atoms with Crippen LogP contribution >= 0.6 is 0 Å². The maximum Gasteiger partial charge on any atom is 0.146 e. The number of nitrogens with one attached hydrogen (secondary N) is 1. The molecule has 1 N–H and O–H groups in total. The summed E-state index contributed by atoms with van der Waals surface area (Å²) in [6.45, 7) is 5.79. The fraction of sp³-hybridized carbons (Fsp3) is 0.333. The van der Waals surface area contributed by atoms with Crippen LogP contribution < -0.4 is 5.32 Å². The Balaban J connectivity index is 2.29. The number of anilines is 1. The SMILES string of the molecule is Cc1cc(F)c(NC(CC(C)C)c2ccccc2)cc1F. The largest absolute Gasteiger partial charge is 0.376 e. The first-order valence-electron chi connectivity index (χ1n) is 7.24. The predicted octanol–water partition coefficient (Wildman–Crippen LogP) is 5.47. The van der Waals surface area contributed by atoms with Crippen molar-refractivity contribution < 1.29 is 8.78 Å². The summed E-state index contributed by atoms with van der Waals surface area (Å²) in [5.41, 5.74) is 1.61. The fourth-order valence-electron chi connectivity index (χ4n) is 2.38. The number of aryl methyl sites for hydroxylation is 1. The predicted molar refractivity (Wildman–Crippen MR) is 83.4 cm³/mol. The molecule has 0 spiro atoms. The molecule has 3 heteroatoms. The molecule has 21 heavy (non-hydrogen) atoms. The van der Waals surface area contributed by atoms with Crippen molar-refractivity contribution in [1.29, 1.82) is 0 Å². The summed E-state index contributed by atoms with van der Waals surface area (Å²) in [5, 5.41) is 3.15. The van der Waals surface area contributed by atoms with Gasteiger partial charge in [-0.1, -0.05) is 44.2 Å². The monoisotopic (exact) mass is 289 g/mol. The first kappa shape index (κ1) is 15.5. The number of halogens is 2. The van der Waals surface area contributed by atoms with Gasteiger partial charge >= 0.3 is 0 Å². The van der Waals surface area contributed by atoms with E-state index in [2.05, 4.69) is 19.2 Å². The second-order valence-electron chi connectivity index (χ2n) is 5.82. The topological polar surface area (TPSA) is 12.0 Å². The molecule has 0 saturated heterocycles. The summed E-state index contributed by atoms with van der Waals surface area (Å²) in [6, 6.07) is 12.3. The maximum absolute atomic E-state index is 14.0. The second kappa shape index (κ2) is 6.70. The molecule has 112 valence electrons. The van der Waals surface area contributed by atoms with Gasteiger partial charge in [-0.15, -0.1) is 0 Å². The number of hydrogen-bond acceptors (Lipinski definition) is 1. The summed E-state index contributed by atoms with van der Waals surface area (Å²) in [5.74, 6) is -0.366. The van der Waals surface area contributed by atoms with Crippen LogP contribution in [0.25, 0.3) is 0 Å². The lowest BCUT2D eigenvalue weighted by Crippen LogP contribution is -2.14. The van der Waals surface area contributed by atoms with Gasteiger partial charge in [-0.2, -0.15) is 0 Å². The Bertz CT molecular complexity index is 594. The summed E-state index contributed by atoms with van der Waals surface area (Å²) >= 11 is 0. The van der Waals surface area contributed by atoms with E-state index >= 15 is 0 Å². The van der Waals surface area contributed by atoms with Crippen molar-refractivity contribution >= 4 is 5.69 Å². The summed E-state index contributed by atoms with van der Waals surface area (Å²) < 4.78 is 27.7. The average Bonchev–Trinajstić information content (AvgIpc) is 2.44. The Hall–Kier alpha value is -1.90. The highest BCUT2D eigenvalue weighted by atomic mass is 19.1. The van der Waals surface area contributed by atoms with E-state index in [9.17, 15) is 8.78 Å². The molecule has 1 nitrogen and oxygen atoms in total. The maximum atomic E-state index is 14.0. The summed E-state index contributed by atoms with van der Waals surface area (Å²) in [6.07, 6.45) is 0.846. The quantitative estimate of drug-likeness (QED) is 0.769. The lowest BCUT2D eigenvalue weighted by atomic mass is 9.96. The van der Waals surface area contributed by atoms with Gasteiger partial charge in [0.2, 0.25) is 0 Å². The van der Waals surface area contributed by atoms with E-state index in [4.69, 9.17) is 0 Å². The molecule has 0 fully saturated rings. The standard InChI is InChI=1S/C18H21F2N/c1-12(2)9-17(14-7-5-4-6-8-14)21-18-11-15(19)13(3)10-16(18)20/h4-8,10-12,17,21H,9H2,1-3H3. The molecule has 0 heterocycles. The molecule has 1 unspecified atom stereocenters. The first-order chi connectivity index (χ1) is 9.97. The van der Waals surface area contributed by atoms with Gasteiger partial charge in [-0.3, -0.25) is 0 Å². The minimum absolute atomic E-state index is 0.0391. The van der Waals surface area contributed by atoms with Crippen LogP contribution in [0.4, 0.5) is 14.5 Å². The highest BCUT2D eigenvalue weighted by molar-refractivity contribution is 5.49. The van der Waals surface area contributed by atoms with Crippen LogP contribution in [0.5, 0.6) is 0 Å². The Morgan fingerprint density at radius 2 is 1.67 bits per heavy atom. The molecular formula is C18H21F2N. The summed E-state index contributed by atoms with van der Waals surface area (Å²) in [4.78, 5) is 0. The van der Waals surface area contributed by atoms with Crippen molar-refractivity contribution in [3.63, 3.8) is 0 Å². The molecule has 2 aromatic carbocycles. The number of benzene rings is 2. The highest BCUT2D eigenvalue weighted by Crippen LogP contribution is 2.28. The molecule has 0 saturated carbocycles. The van der Waals surface area contributed by atoms with Crippen LogP contribution in [0.15, 0.2) is 42.5 Å². The number of hydrogen-bond donors (Lipinski definition) is 1. The van der Waals surface area contributed by atoms with Gasteiger partial charge in [-0.05, 0) is 36.5 Å². The van der Waals surface area contributed by atoms with Crippen molar-refractivity contribution in [3.8, 4) is 0 Å². The van der Waals surface area contributed by atoms with E-state index in [1.807, 2.05) is 30.3 Å². The third kappa shape index (κ3) is 4.03. The lowest BCUT2D eigenvalue weighted by Gasteiger charge is -2.23. The van der Waals surface area contributed by atoms with Gasteiger partial charge in [-0.25, -0.2) is 8.78 Å². The zero-order valence-electron chi connectivity index (χ0n) is 12.7. The minimum atomic E-state index is -0.418. The Kier molecular flexibility index (Phi) is 4.94. The Labute approximate surface area is 125 Å². The molecule has 0 bridgehead atoms. The van der Waals surface area contributed by atoms with Gasteiger partial charge in [0.1, 0.15) is 11.6 Å². The van der Waals surface area contributed by atoms with Crippen molar-refractivity contribution in [2.45, 2.75) is 33.2 Å². The third-order valence-electron chi connectivity index (χ3n) is 3.49. The molecule has 0 aliphatic carbocycles. The minimum Gasteiger partial charge on any atom is -0.376 e. The Morgan fingerprint density at radius 3 is 2.29 bits per heavy atom. The molecule has 0 amide bonds. The lowest BCUT2D eigenvalue weighted by molar-refractivity contribution is 0.525. The molecule has 0 radical (unpaired) electrons. The van der Waals surface area contributed by atoms with Crippen LogP contribution in [-0.2, 0) is 0 Å². The van der Waals surface area contributed by atoms with Crippen LogP contribution in [0.1, 0.15) is 37.4 Å². The van der Waals surface area contributed by atoms with Crippen molar-refractivity contribution in [2.75, 3.05) is 5.32 Å². The summed E-state index contributed by atoms with van der Waals surface area (Å²) in [7, 11) is 0. The van der Waals surface area contributed by atoms with Gasteiger partial charge in [0.05, 0.1) is 11.7 Å². The van der Waals surface area contributed by atoms with Crippen LogP contribution in [0.2, 0.25) is 0 Å². The van der Waals surface area contributed by atoms with Gasteiger partial charge < -0.3 is 5.32 Å². The van der Waals surface area contributed by atoms with E-state index in [0.717, 1.165) is 12.0 Å². The van der Waals surface area contributed by atoms with Crippen molar-refractivity contribution in [3.05, 3.63) is 65.2 Å². The van der Waals surface area contributed by atoms with Crippen LogP contribution in [0, 0.1) is 24.5 Å². The van der Waals surface area contributed by atoms with Crippen LogP contribution in [-0.4, -0.2) is 0 Å². The van der Waals surface area contributed by atoms with Crippen LogP contribution in [0.3, 0.4) is 0 Å². The van der Waals surface area contributed by atoms with E-state index in [1.165, 1.54) is 12.1 Å². The first-order valence-corrected chi connectivity index (χ1v) is 7.24. The van der Waals surface area contributed by atoms with E-state index in [0.29, 0.717) is 11.5 Å². The highest BCUT2D eigenvalue weighted by Gasteiger charge is 2.16. The normalized spacial score (nSPS) is 12.5. The zero-order valence-corrected chi connectivity index (χ0v) is 12.7. The number of rotatable bonds is 5. The molecule has 0 aliphatic heterocycles. The molecule has 0 aliphatic rings. The van der Waals surface area contributed by atoms with Crippen molar-refractivity contribution in [2.24, 2.45) is 5.92 Å². The fourth-order valence-corrected chi connectivity index (χ4v) is 2.38. The van der Waals surface area contributed by atoms with Gasteiger partial charge in [0, 0.05) is 6.07 Å². The molecule has 2 aromatic rings. The molecule has 0 aromatic heterocycles. The smallest absolute Gasteiger partial charge is 0.146 e. The van der Waals surface area contributed by atoms with E-state index in [-0.39, 0.29) is 11.7 Å². The van der Waals surface area contributed by atoms with Gasteiger partial charge in [0.15, 0.2) is 0 Å². The second-order valence-corrected chi connectivity index (χ2v) is 5.82. The van der Waals surface area contributed by atoms with E-state index in [1.54, 1.807) is 6.92 Å². The third-order valence-corrected chi connectivity index (χ3v) is 3.49. The Morgan fingerprint density at radius 1 is 1.00 bits per heavy atom. The van der Waals surface area contributed by atoms with Crippen molar-refractivity contribution in [1.82, 2.24) is 0 Å². The molecule has 2 rings (SSSR count). The molecular weight excluding hydrogens is 268 g/mol. The average molecular weight is 289 g/mol. The zero-order chi connectivity index (χ0) is 15.4.